The molecule has 2 aliphatic heterocycles. The van der Waals surface area contributed by atoms with Crippen LogP contribution in [0.3, 0.4) is 0 Å². The van der Waals surface area contributed by atoms with Crippen molar-refractivity contribution in [1.82, 2.24) is 0 Å². The van der Waals surface area contributed by atoms with E-state index in [9.17, 15) is 9.59 Å². The third-order valence-corrected chi connectivity index (χ3v) is 5.75. The first-order valence-corrected chi connectivity index (χ1v) is 10.4. The van der Waals surface area contributed by atoms with Gasteiger partial charge in [0.15, 0.2) is 6.04 Å². The highest BCUT2D eigenvalue weighted by Gasteiger charge is 2.46. The number of benzene rings is 1. The quantitative estimate of drug-likeness (QED) is 0.484. The maximum absolute atomic E-state index is 12.9. The number of unbranched alkanes of at least 4 members (excludes halogenated alkanes) is 3. The number of carbonyl (C=O) groups excluding carboxylic acids is 2. The summed E-state index contributed by atoms with van der Waals surface area (Å²) in [7, 11) is 2.18. The molecule has 3 rings (SSSR count). The minimum atomic E-state index is -0.222. The van der Waals surface area contributed by atoms with Crippen LogP contribution in [-0.2, 0) is 9.59 Å². The summed E-state index contributed by atoms with van der Waals surface area (Å²) in [6.07, 6.45) is 5.01. The highest BCUT2D eigenvalue weighted by Crippen LogP contribution is 2.24. The van der Waals surface area contributed by atoms with Gasteiger partial charge in [0.05, 0.1) is 25.8 Å². The van der Waals surface area contributed by atoms with Crippen LogP contribution in [0.4, 0.5) is 5.69 Å². The zero-order chi connectivity index (χ0) is 19.2. The van der Waals surface area contributed by atoms with E-state index in [-0.39, 0.29) is 17.9 Å². The van der Waals surface area contributed by atoms with Crippen LogP contribution in [0.15, 0.2) is 24.3 Å². The Labute approximate surface area is 162 Å². The molecule has 0 spiro atoms. The third-order valence-electron chi connectivity index (χ3n) is 5.75. The van der Waals surface area contributed by atoms with E-state index in [1.54, 1.807) is 0 Å². The van der Waals surface area contributed by atoms with E-state index in [1.165, 1.54) is 34.0 Å². The van der Waals surface area contributed by atoms with Crippen molar-refractivity contribution in [1.29, 1.82) is 0 Å². The van der Waals surface area contributed by atoms with Gasteiger partial charge in [-0.25, -0.2) is 4.90 Å². The minimum absolute atomic E-state index is 0.0530. The van der Waals surface area contributed by atoms with Gasteiger partial charge in [0, 0.05) is 0 Å². The second-order valence-corrected chi connectivity index (χ2v) is 7.84. The SMILES string of the molecule is CCCCCCOc1ccc(N2C(=O)C[C@@H]([NH+]3CC[NH+](C)CC3)C2=O)cc1. The molecule has 0 aliphatic carbocycles. The molecule has 2 saturated heterocycles. The molecule has 2 aliphatic rings. The topological polar surface area (TPSA) is 55.5 Å². The number of piperazine rings is 1. The number of anilines is 1. The molecule has 2 amide bonds. The summed E-state index contributed by atoms with van der Waals surface area (Å²) in [5, 5.41) is 0. The van der Waals surface area contributed by atoms with Crippen molar-refractivity contribution in [2.75, 3.05) is 44.7 Å². The van der Waals surface area contributed by atoms with Crippen molar-refractivity contribution < 1.29 is 24.1 Å². The zero-order valence-corrected chi connectivity index (χ0v) is 16.6. The van der Waals surface area contributed by atoms with E-state index >= 15 is 0 Å². The first-order chi connectivity index (χ1) is 13.1. The number of likely N-dealkylation sites (N-methyl/N-ethyl adjacent to an activating group) is 1. The predicted octanol–water partition coefficient (Wildman–Crippen LogP) is -0.309. The number of hydrogen-bond acceptors (Lipinski definition) is 3. The standard InChI is InChI=1S/C21H31N3O3/c1-3-4-5-6-15-27-18-9-7-17(8-10-18)24-20(25)16-19(21(24)26)23-13-11-22(2)12-14-23/h7-10,19H,3-6,11-16H2,1-2H3/p+2/t19-/m1/s1. The molecule has 1 aromatic rings. The number of rotatable bonds is 8. The number of nitrogens with zero attached hydrogens (tertiary/aromatic N) is 1. The molecule has 1 aromatic carbocycles. The normalized spacial score (nSPS) is 25.9. The lowest BCUT2D eigenvalue weighted by atomic mass is 10.2. The molecule has 148 valence electrons. The van der Waals surface area contributed by atoms with Crippen LogP contribution in [-0.4, -0.2) is 57.7 Å². The first-order valence-electron chi connectivity index (χ1n) is 10.4. The Morgan fingerprint density at radius 1 is 1.04 bits per heavy atom. The maximum atomic E-state index is 12.9. The lowest BCUT2D eigenvalue weighted by molar-refractivity contribution is -1.01. The molecule has 2 N–H and O–H groups in total. The van der Waals surface area contributed by atoms with Gasteiger partial charge < -0.3 is 14.5 Å². The molecule has 0 saturated carbocycles. The van der Waals surface area contributed by atoms with E-state index in [1.807, 2.05) is 24.3 Å². The second kappa shape index (κ2) is 9.33. The van der Waals surface area contributed by atoms with Crippen molar-refractivity contribution in [3.05, 3.63) is 24.3 Å². The van der Waals surface area contributed by atoms with Gasteiger partial charge >= 0.3 is 0 Å². The lowest BCUT2D eigenvalue weighted by Gasteiger charge is -2.30. The van der Waals surface area contributed by atoms with Crippen LogP contribution < -0.4 is 19.4 Å². The van der Waals surface area contributed by atoms with Gasteiger partial charge in [-0.3, -0.25) is 9.59 Å². The minimum Gasteiger partial charge on any atom is -0.494 e. The number of amides is 2. The summed E-state index contributed by atoms with van der Waals surface area (Å²) >= 11 is 0. The van der Waals surface area contributed by atoms with E-state index < -0.39 is 0 Å². The highest BCUT2D eigenvalue weighted by atomic mass is 16.5. The summed E-state index contributed by atoms with van der Waals surface area (Å²) in [5.74, 6) is 0.651. The average Bonchev–Trinajstić information content (AvgIpc) is 2.97. The second-order valence-electron chi connectivity index (χ2n) is 7.84. The fourth-order valence-electron chi connectivity index (χ4n) is 3.98. The Hall–Kier alpha value is -1.92. The molecule has 27 heavy (non-hydrogen) atoms. The fraction of sp³-hybridized carbons (Fsp3) is 0.619. The fourth-order valence-corrected chi connectivity index (χ4v) is 3.98. The summed E-state index contributed by atoms with van der Waals surface area (Å²) in [5.41, 5.74) is 0.657. The smallest absolute Gasteiger partial charge is 0.292 e. The van der Waals surface area contributed by atoms with Crippen LogP contribution in [0.5, 0.6) is 5.75 Å². The van der Waals surface area contributed by atoms with Crippen molar-refractivity contribution in [2.24, 2.45) is 0 Å². The monoisotopic (exact) mass is 375 g/mol. The van der Waals surface area contributed by atoms with E-state index in [0.29, 0.717) is 18.7 Å². The van der Waals surface area contributed by atoms with Gasteiger partial charge in [-0.1, -0.05) is 26.2 Å². The number of hydrogen-bond donors (Lipinski definition) is 2. The molecule has 0 aromatic heterocycles. The molecule has 1 atom stereocenters. The van der Waals surface area contributed by atoms with Crippen LogP contribution >= 0.6 is 0 Å². The van der Waals surface area contributed by atoms with Gasteiger partial charge in [0.1, 0.15) is 31.9 Å². The average molecular weight is 376 g/mol. The highest BCUT2D eigenvalue weighted by molar-refractivity contribution is 6.21. The van der Waals surface area contributed by atoms with Crippen molar-refractivity contribution >= 4 is 17.5 Å². The van der Waals surface area contributed by atoms with Crippen molar-refractivity contribution in [2.45, 2.75) is 45.1 Å². The Bertz CT molecular complexity index is 639. The van der Waals surface area contributed by atoms with Crippen LogP contribution in [0, 0.1) is 0 Å². The zero-order valence-electron chi connectivity index (χ0n) is 16.6. The third kappa shape index (κ3) is 4.87. The summed E-state index contributed by atoms with van der Waals surface area (Å²) in [4.78, 5) is 29.5. The van der Waals surface area contributed by atoms with Gasteiger partial charge in [0.2, 0.25) is 5.91 Å². The number of quaternary nitrogens is 2. The number of ether oxygens (including phenoxy) is 1. The van der Waals surface area contributed by atoms with Crippen LogP contribution in [0.25, 0.3) is 0 Å². The number of imide groups is 1. The molecule has 2 fully saturated rings. The summed E-state index contributed by atoms with van der Waals surface area (Å²) in [6.45, 7) is 6.91. The van der Waals surface area contributed by atoms with Crippen molar-refractivity contribution in [3.63, 3.8) is 0 Å². The van der Waals surface area contributed by atoms with E-state index in [4.69, 9.17) is 4.74 Å². The molecule has 0 radical (unpaired) electrons. The Balaban J connectivity index is 1.57. The maximum Gasteiger partial charge on any atom is 0.292 e. The summed E-state index contributed by atoms with van der Waals surface area (Å²) in [6, 6.07) is 7.14. The van der Waals surface area contributed by atoms with Crippen LogP contribution in [0.2, 0.25) is 0 Å². The Kier molecular flexibility index (Phi) is 6.85. The molecular formula is C21H33N3O3+2. The van der Waals surface area contributed by atoms with Crippen LogP contribution in [0.1, 0.15) is 39.0 Å². The van der Waals surface area contributed by atoms with E-state index in [0.717, 1.165) is 38.3 Å². The molecule has 6 heteroatoms. The first kappa shape index (κ1) is 19.8. The van der Waals surface area contributed by atoms with Gasteiger partial charge in [-0.05, 0) is 30.7 Å². The lowest BCUT2D eigenvalue weighted by Crippen LogP contribution is -3.29. The summed E-state index contributed by atoms with van der Waals surface area (Å²) < 4.78 is 5.76. The Morgan fingerprint density at radius 2 is 1.74 bits per heavy atom. The van der Waals surface area contributed by atoms with Gasteiger partial charge in [-0.15, -0.1) is 0 Å². The molecule has 6 nitrogen and oxygen atoms in total. The number of nitrogens with one attached hydrogen (secondary N) is 2. The predicted molar refractivity (Wildman–Crippen MR) is 104 cm³/mol. The molecule has 2 heterocycles. The van der Waals surface area contributed by atoms with Crippen molar-refractivity contribution in [3.8, 4) is 5.75 Å². The Morgan fingerprint density at radius 3 is 2.41 bits per heavy atom. The van der Waals surface area contributed by atoms with Gasteiger partial charge in [-0.2, -0.15) is 0 Å². The van der Waals surface area contributed by atoms with E-state index in [2.05, 4.69) is 14.0 Å². The number of carbonyl (C=O) groups is 2. The molecule has 0 bridgehead atoms. The molecule has 0 unspecified atom stereocenters. The largest absolute Gasteiger partial charge is 0.494 e. The van der Waals surface area contributed by atoms with Gasteiger partial charge in [0.25, 0.3) is 5.91 Å². The molecular weight excluding hydrogens is 342 g/mol.